The first-order valence-corrected chi connectivity index (χ1v) is 10.3. The van der Waals surface area contributed by atoms with Crippen LogP contribution in [0.3, 0.4) is 0 Å². The summed E-state index contributed by atoms with van der Waals surface area (Å²) in [5.41, 5.74) is 0.374. The van der Waals surface area contributed by atoms with E-state index in [1.165, 1.54) is 6.92 Å². The Balaban J connectivity index is 3.61. The van der Waals surface area contributed by atoms with Gasteiger partial charge in [0.2, 0.25) is 0 Å². The molecule has 0 spiro atoms. The Kier molecular flexibility index (Phi) is 9.50. The maximum Gasteiger partial charge on any atom is 0.385 e. The Hall–Kier alpha value is -2.78. The quantitative estimate of drug-likeness (QED) is 0.118. The number of alkyl halides is 21. The zero-order chi connectivity index (χ0) is 34.7. The van der Waals surface area contributed by atoms with Gasteiger partial charge in [-0.3, -0.25) is 4.79 Å². The van der Waals surface area contributed by atoms with Crippen LogP contribution in [0.1, 0.15) is 12.0 Å². The van der Waals surface area contributed by atoms with E-state index < -0.39 is 84.0 Å². The van der Waals surface area contributed by atoms with Crippen molar-refractivity contribution in [3.8, 4) is 5.75 Å². The summed E-state index contributed by atoms with van der Waals surface area (Å²) in [5.74, 6) is -88.2. The van der Waals surface area contributed by atoms with E-state index in [4.69, 9.17) is 0 Å². The molecule has 23 heteroatoms. The van der Waals surface area contributed by atoms with Crippen molar-refractivity contribution in [1.82, 2.24) is 0 Å². The summed E-state index contributed by atoms with van der Waals surface area (Å²) >= 11 is 0. The fourth-order valence-corrected chi connectivity index (χ4v) is 2.79. The lowest BCUT2D eigenvalue weighted by Crippen LogP contribution is -2.77. The van der Waals surface area contributed by atoms with Crippen LogP contribution in [0.2, 0.25) is 0 Å². The van der Waals surface area contributed by atoms with Gasteiger partial charge in [-0.2, -0.15) is 87.8 Å². The van der Waals surface area contributed by atoms with Gasteiger partial charge in [0.25, 0.3) is 0 Å². The number of benzene rings is 1. The minimum atomic E-state index is -9.21. The predicted molar refractivity (Wildman–Crippen MR) is 96.9 cm³/mol. The molecule has 0 fully saturated rings. The van der Waals surface area contributed by atoms with Crippen LogP contribution >= 0.6 is 0 Å². The molecular formula is C20H11F21O2. The number of aryl methyl sites for hydroxylation is 1. The van der Waals surface area contributed by atoms with Crippen LogP contribution in [0.25, 0.3) is 0 Å². The highest BCUT2D eigenvalue weighted by Gasteiger charge is 2.97. The van der Waals surface area contributed by atoms with Gasteiger partial charge in [-0.1, -0.05) is 17.7 Å². The fraction of sp³-hybridized carbons (Fsp3) is 0.650. The number of carbonyl (C=O) groups excluding carboxylic acids is 1. The SMILES string of the molecule is Cc1ccc(OC(=O)CC(F)(F)C(F)(F)C(F)(F)C(F)(F)C(F)(F)C(F)(F)C(F)(F)C(F)(F)C(F)(F)C(F)(F)CF)cc1. The van der Waals surface area contributed by atoms with Crippen molar-refractivity contribution < 1.29 is 102 Å². The Bertz CT molecular complexity index is 1160. The third-order valence-corrected chi connectivity index (χ3v) is 5.47. The smallest absolute Gasteiger partial charge is 0.385 e. The summed E-state index contributed by atoms with van der Waals surface area (Å²) in [6.07, 6.45) is -3.46. The van der Waals surface area contributed by atoms with Crippen molar-refractivity contribution in [1.29, 1.82) is 0 Å². The molecule has 0 unspecified atom stereocenters. The molecule has 1 aromatic rings. The molecule has 0 amide bonds. The van der Waals surface area contributed by atoms with E-state index in [1.54, 1.807) is 0 Å². The van der Waals surface area contributed by atoms with Crippen LogP contribution in [0.4, 0.5) is 92.2 Å². The molecule has 2 nitrogen and oxygen atoms in total. The Morgan fingerprint density at radius 1 is 0.512 bits per heavy atom. The Labute approximate surface area is 223 Å². The van der Waals surface area contributed by atoms with Crippen molar-refractivity contribution in [3.63, 3.8) is 0 Å². The molecule has 0 N–H and O–H groups in total. The molecule has 250 valence electrons. The van der Waals surface area contributed by atoms with Crippen LogP contribution < -0.4 is 4.74 Å². The van der Waals surface area contributed by atoms with E-state index in [1.807, 2.05) is 0 Å². The molecule has 43 heavy (non-hydrogen) atoms. The van der Waals surface area contributed by atoms with E-state index in [2.05, 4.69) is 4.74 Å². The van der Waals surface area contributed by atoms with Crippen molar-refractivity contribution in [2.75, 3.05) is 6.67 Å². The summed E-state index contributed by atoms with van der Waals surface area (Å²) in [4.78, 5) is 11.5. The molecular weight excluding hydrogens is 671 g/mol. The lowest BCUT2D eigenvalue weighted by molar-refractivity contribution is -0.469. The number of esters is 1. The first-order valence-electron chi connectivity index (χ1n) is 10.3. The lowest BCUT2D eigenvalue weighted by Gasteiger charge is -2.44. The van der Waals surface area contributed by atoms with Gasteiger partial charge in [0.05, 0.1) is 0 Å². The van der Waals surface area contributed by atoms with Crippen LogP contribution in [-0.2, 0) is 4.79 Å². The number of ether oxygens (including phenoxy) is 1. The van der Waals surface area contributed by atoms with E-state index in [0.717, 1.165) is 24.3 Å². The molecule has 0 saturated carbocycles. The Morgan fingerprint density at radius 3 is 1.09 bits per heavy atom. The molecule has 0 aliphatic rings. The highest BCUT2D eigenvalue weighted by atomic mass is 19.4. The Morgan fingerprint density at radius 2 is 0.791 bits per heavy atom. The standard InChI is InChI=1S/C20H11F21O2/c1-8-2-4-9(5-3-8)43-10(42)6-11(22,23)13(26,27)15(30,31)17(34,35)19(38,39)20(40,41)18(36,37)16(32,33)14(28,29)12(24,25)7-21/h2-5H,6-7H2,1H3. The zero-order valence-electron chi connectivity index (χ0n) is 20.0. The summed E-state index contributed by atoms with van der Waals surface area (Å²) in [5, 5.41) is 0. The number of hydrogen-bond donors (Lipinski definition) is 0. The number of hydrogen-bond acceptors (Lipinski definition) is 2. The molecule has 0 saturated heterocycles. The average Bonchev–Trinajstić information content (AvgIpc) is 2.83. The second-order valence-electron chi connectivity index (χ2n) is 8.60. The van der Waals surface area contributed by atoms with Crippen LogP contribution in [-0.4, -0.2) is 71.9 Å². The molecule has 1 rings (SSSR count). The molecule has 0 aliphatic carbocycles. The van der Waals surface area contributed by atoms with Gasteiger partial charge in [0.1, 0.15) is 12.2 Å². The van der Waals surface area contributed by atoms with Gasteiger partial charge in [0, 0.05) is 0 Å². The van der Waals surface area contributed by atoms with Gasteiger partial charge in [-0.25, -0.2) is 4.39 Å². The van der Waals surface area contributed by atoms with Crippen molar-refractivity contribution in [2.45, 2.75) is 72.6 Å². The second-order valence-corrected chi connectivity index (χ2v) is 8.60. The number of halogens is 21. The van der Waals surface area contributed by atoms with E-state index in [0.29, 0.717) is 5.56 Å². The predicted octanol–water partition coefficient (Wildman–Crippen LogP) is 8.61. The van der Waals surface area contributed by atoms with Crippen LogP contribution in [0.5, 0.6) is 5.75 Å². The first kappa shape index (κ1) is 38.2. The van der Waals surface area contributed by atoms with Gasteiger partial charge in [-0.05, 0) is 19.1 Å². The van der Waals surface area contributed by atoms with Crippen LogP contribution in [0, 0.1) is 6.92 Å². The maximum absolute atomic E-state index is 13.9. The van der Waals surface area contributed by atoms with Gasteiger partial charge in [-0.15, -0.1) is 0 Å². The van der Waals surface area contributed by atoms with E-state index >= 15 is 0 Å². The lowest BCUT2D eigenvalue weighted by atomic mass is 9.85. The zero-order valence-corrected chi connectivity index (χ0v) is 20.0. The normalized spacial score (nSPS) is 15.5. The third kappa shape index (κ3) is 5.41. The summed E-state index contributed by atoms with van der Waals surface area (Å²) in [6, 6.07) is 3.61. The summed E-state index contributed by atoms with van der Waals surface area (Å²) in [6.45, 7) is -2.75. The average molecular weight is 682 g/mol. The molecule has 0 bridgehead atoms. The van der Waals surface area contributed by atoms with Gasteiger partial charge in [0.15, 0.2) is 6.67 Å². The van der Waals surface area contributed by atoms with E-state index in [-0.39, 0.29) is 0 Å². The minimum absolute atomic E-state index is 0.374. The molecule has 0 radical (unpaired) electrons. The highest BCUT2D eigenvalue weighted by Crippen LogP contribution is 2.66. The van der Waals surface area contributed by atoms with Gasteiger partial charge >= 0.3 is 65.2 Å². The van der Waals surface area contributed by atoms with Crippen molar-refractivity contribution >= 4 is 5.97 Å². The minimum Gasteiger partial charge on any atom is -0.426 e. The highest BCUT2D eigenvalue weighted by molar-refractivity contribution is 5.73. The summed E-state index contributed by atoms with van der Waals surface area (Å²) in [7, 11) is 0. The number of carbonyl (C=O) groups is 1. The first-order chi connectivity index (χ1) is 18.7. The molecule has 0 aromatic heterocycles. The third-order valence-electron chi connectivity index (χ3n) is 5.47. The number of rotatable bonds is 13. The molecule has 0 atom stereocenters. The maximum atomic E-state index is 13.9. The molecule has 0 aliphatic heterocycles. The largest absolute Gasteiger partial charge is 0.426 e. The topological polar surface area (TPSA) is 26.3 Å². The second kappa shape index (κ2) is 10.7. The molecule has 1 aromatic carbocycles. The van der Waals surface area contributed by atoms with E-state index in [9.17, 15) is 97.0 Å². The fourth-order valence-electron chi connectivity index (χ4n) is 2.79. The monoisotopic (exact) mass is 682 g/mol. The van der Waals surface area contributed by atoms with Gasteiger partial charge < -0.3 is 4.74 Å². The summed E-state index contributed by atoms with van der Waals surface area (Å²) < 4.78 is 288. The van der Waals surface area contributed by atoms with Crippen molar-refractivity contribution in [2.24, 2.45) is 0 Å². The van der Waals surface area contributed by atoms with Crippen molar-refractivity contribution in [3.05, 3.63) is 29.8 Å². The van der Waals surface area contributed by atoms with Crippen LogP contribution in [0.15, 0.2) is 24.3 Å². The molecule has 0 heterocycles.